The molecule has 0 radical (unpaired) electrons. The van der Waals surface area contributed by atoms with Crippen LogP contribution in [0.5, 0.6) is 0 Å². The number of likely N-dealkylation sites (tertiary alicyclic amines) is 1. The van der Waals surface area contributed by atoms with Gasteiger partial charge < -0.3 is 15.9 Å². The summed E-state index contributed by atoms with van der Waals surface area (Å²) in [5, 5.41) is 17.1. The average Bonchev–Trinajstić information content (AvgIpc) is 2.66. The van der Waals surface area contributed by atoms with E-state index in [9.17, 15) is 19.2 Å². The van der Waals surface area contributed by atoms with Gasteiger partial charge in [0.2, 0.25) is 5.91 Å². The zero-order chi connectivity index (χ0) is 13.9. The Hall–Kier alpha value is -1.96. The fourth-order valence-corrected chi connectivity index (χ4v) is 1.81. The molecule has 8 nitrogen and oxygen atoms in total. The number of aliphatic carboxylic acids is 1. The normalized spacial score (nSPS) is 20.8. The molecule has 0 bridgehead atoms. The largest absolute Gasteiger partial charge is 0.481 e. The van der Waals surface area contributed by atoms with Crippen molar-refractivity contribution in [3.63, 3.8) is 0 Å². The van der Waals surface area contributed by atoms with Crippen molar-refractivity contribution >= 4 is 23.8 Å². The van der Waals surface area contributed by atoms with E-state index in [1.165, 1.54) is 0 Å². The predicted octanol–water partition coefficient (Wildman–Crippen LogP) is -0.726. The maximum atomic E-state index is 11.8. The zero-order valence-corrected chi connectivity index (χ0v) is 9.54. The Balaban J connectivity index is 2.60. The molecule has 0 aromatic carbocycles. The molecule has 4 N–H and O–H groups in total. The summed E-state index contributed by atoms with van der Waals surface area (Å²) < 4.78 is 0. The molecule has 0 aliphatic carbocycles. The summed E-state index contributed by atoms with van der Waals surface area (Å²) in [5.74, 6) is -3.52. The second kappa shape index (κ2) is 5.58. The van der Waals surface area contributed by atoms with E-state index in [2.05, 4.69) is 0 Å². The number of carbonyl (C=O) groups is 4. The number of hydrogen-bond acceptors (Lipinski definition) is 5. The van der Waals surface area contributed by atoms with Crippen LogP contribution >= 0.6 is 0 Å². The van der Waals surface area contributed by atoms with E-state index in [1.807, 2.05) is 0 Å². The monoisotopic (exact) mass is 258 g/mol. The quantitative estimate of drug-likeness (QED) is 0.553. The first-order valence-corrected chi connectivity index (χ1v) is 5.40. The Morgan fingerprint density at radius 2 is 2.00 bits per heavy atom. The minimum Gasteiger partial charge on any atom is -0.481 e. The molecule has 1 saturated heterocycles. The fraction of sp³-hybridized carbons (Fsp3) is 0.600. The van der Waals surface area contributed by atoms with E-state index < -0.39 is 35.7 Å². The van der Waals surface area contributed by atoms with E-state index in [4.69, 9.17) is 15.9 Å². The predicted molar refractivity (Wildman–Crippen MR) is 57.7 cm³/mol. The van der Waals surface area contributed by atoms with E-state index in [-0.39, 0.29) is 25.8 Å². The second-order valence-corrected chi connectivity index (χ2v) is 4.05. The Morgan fingerprint density at radius 1 is 1.39 bits per heavy atom. The van der Waals surface area contributed by atoms with E-state index in [0.717, 1.165) is 0 Å². The van der Waals surface area contributed by atoms with Gasteiger partial charge in [0.05, 0.1) is 6.04 Å². The molecule has 0 aromatic heterocycles. The van der Waals surface area contributed by atoms with Gasteiger partial charge in [-0.3, -0.25) is 14.4 Å². The molecule has 0 aromatic rings. The third-order valence-electron chi connectivity index (χ3n) is 2.81. The molecule has 1 heterocycles. The van der Waals surface area contributed by atoms with Crippen LogP contribution in [0.3, 0.4) is 0 Å². The zero-order valence-electron chi connectivity index (χ0n) is 9.54. The minimum absolute atomic E-state index is 0.0315. The summed E-state index contributed by atoms with van der Waals surface area (Å²) in [7, 11) is 0. The number of carboxylic acids is 1. The van der Waals surface area contributed by atoms with Crippen LogP contribution < -0.4 is 5.73 Å². The summed E-state index contributed by atoms with van der Waals surface area (Å²) in [6.07, 6.45) is -1.62. The third kappa shape index (κ3) is 3.04. The molecular weight excluding hydrogens is 244 g/mol. The van der Waals surface area contributed by atoms with Crippen molar-refractivity contribution in [2.45, 2.75) is 25.3 Å². The number of carbonyl (C=O) groups excluding carboxylic acids is 2. The highest BCUT2D eigenvalue weighted by molar-refractivity contribution is 6.08. The van der Waals surface area contributed by atoms with Gasteiger partial charge in [0, 0.05) is 13.0 Å². The average molecular weight is 258 g/mol. The van der Waals surface area contributed by atoms with Gasteiger partial charge in [-0.15, -0.1) is 0 Å². The van der Waals surface area contributed by atoms with Gasteiger partial charge in [-0.25, -0.2) is 9.69 Å². The van der Waals surface area contributed by atoms with Gasteiger partial charge in [-0.05, 0) is 12.8 Å². The first kappa shape index (κ1) is 14.1. The second-order valence-electron chi connectivity index (χ2n) is 4.05. The standard InChI is InChI=1S/C10H14N2O6/c11-6(1-2-7(13)14)8(15)5-3-4-12(9(5)16)10(17)18/h5-6H,1-4,11H2,(H,13,14)(H,17,18). The highest BCUT2D eigenvalue weighted by Crippen LogP contribution is 2.21. The summed E-state index contributed by atoms with van der Waals surface area (Å²) in [5.41, 5.74) is 5.50. The maximum Gasteiger partial charge on any atom is 0.414 e. The third-order valence-corrected chi connectivity index (χ3v) is 2.81. The van der Waals surface area contributed by atoms with Crippen LogP contribution in [0, 0.1) is 5.92 Å². The highest BCUT2D eigenvalue weighted by Gasteiger charge is 2.41. The molecule has 1 fully saturated rings. The molecule has 1 aliphatic heterocycles. The van der Waals surface area contributed by atoms with Crippen molar-refractivity contribution in [2.75, 3.05) is 6.54 Å². The number of rotatable bonds is 5. The molecule has 2 amide bonds. The smallest absolute Gasteiger partial charge is 0.414 e. The topological polar surface area (TPSA) is 138 Å². The van der Waals surface area contributed by atoms with Crippen LogP contribution in [0.4, 0.5) is 4.79 Å². The maximum absolute atomic E-state index is 11.8. The first-order chi connectivity index (χ1) is 8.34. The number of imide groups is 1. The lowest BCUT2D eigenvalue weighted by Crippen LogP contribution is -2.41. The Labute approximate surface area is 102 Å². The van der Waals surface area contributed by atoms with E-state index in [1.54, 1.807) is 0 Å². The van der Waals surface area contributed by atoms with Crippen LogP contribution in [-0.4, -0.2) is 51.5 Å². The SMILES string of the molecule is NC(CCC(=O)O)C(=O)C1CCN(C(=O)O)C1=O. The van der Waals surface area contributed by atoms with Crippen molar-refractivity contribution in [2.24, 2.45) is 11.7 Å². The molecule has 2 unspecified atom stereocenters. The minimum atomic E-state index is -1.39. The number of hydrogen-bond donors (Lipinski definition) is 3. The number of nitrogens with two attached hydrogens (primary N) is 1. The number of Topliss-reactive ketones (excluding diaryl/α,β-unsaturated/α-hetero) is 1. The van der Waals surface area contributed by atoms with Crippen molar-refractivity contribution in [1.82, 2.24) is 4.90 Å². The lowest BCUT2D eigenvalue weighted by Gasteiger charge is -2.14. The summed E-state index contributed by atoms with van der Waals surface area (Å²) in [6, 6.07) is -1.05. The molecule has 1 rings (SSSR count). The fourth-order valence-electron chi connectivity index (χ4n) is 1.81. The highest BCUT2D eigenvalue weighted by atomic mass is 16.4. The number of nitrogens with zero attached hydrogens (tertiary/aromatic N) is 1. The van der Waals surface area contributed by atoms with Crippen LogP contribution in [0.15, 0.2) is 0 Å². The Morgan fingerprint density at radius 3 is 2.44 bits per heavy atom. The Kier molecular flexibility index (Phi) is 4.38. The molecule has 0 spiro atoms. The van der Waals surface area contributed by atoms with E-state index in [0.29, 0.717) is 4.90 Å². The molecule has 2 atom stereocenters. The van der Waals surface area contributed by atoms with Gasteiger partial charge in [-0.2, -0.15) is 0 Å². The van der Waals surface area contributed by atoms with Gasteiger partial charge in [-0.1, -0.05) is 0 Å². The summed E-state index contributed by atoms with van der Waals surface area (Å²) in [6.45, 7) is -0.0315. The number of amides is 2. The molecule has 0 saturated carbocycles. The van der Waals surface area contributed by atoms with Crippen LogP contribution in [0.25, 0.3) is 0 Å². The Bertz CT molecular complexity index is 394. The van der Waals surface area contributed by atoms with Crippen molar-refractivity contribution < 1.29 is 29.4 Å². The van der Waals surface area contributed by atoms with Crippen molar-refractivity contribution in [1.29, 1.82) is 0 Å². The number of carboxylic acid groups (broad SMARTS) is 2. The molecule has 8 heteroatoms. The van der Waals surface area contributed by atoms with Crippen LogP contribution in [0.1, 0.15) is 19.3 Å². The van der Waals surface area contributed by atoms with Crippen LogP contribution in [-0.2, 0) is 14.4 Å². The van der Waals surface area contributed by atoms with Gasteiger partial charge in [0.1, 0.15) is 5.92 Å². The summed E-state index contributed by atoms with van der Waals surface area (Å²) in [4.78, 5) is 44.9. The molecule has 1 aliphatic rings. The number of ketones is 1. The molecular formula is C10H14N2O6. The molecule has 18 heavy (non-hydrogen) atoms. The van der Waals surface area contributed by atoms with Crippen LogP contribution in [0.2, 0.25) is 0 Å². The van der Waals surface area contributed by atoms with Crippen molar-refractivity contribution in [3.05, 3.63) is 0 Å². The lowest BCUT2D eigenvalue weighted by atomic mass is 9.94. The van der Waals surface area contributed by atoms with E-state index >= 15 is 0 Å². The summed E-state index contributed by atoms with van der Waals surface area (Å²) >= 11 is 0. The van der Waals surface area contributed by atoms with Crippen molar-refractivity contribution in [3.8, 4) is 0 Å². The lowest BCUT2D eigenvalue weighted by molar-refractivity contribution is -0.137. The first-order valence-electron chi connectivity index (χ1n) is 5.40. The van der Waals surface area contributed by atoms with Gasteiger partial charge in [0.25, 0.3) is 0 Å². The molecule has 100 valence electrons. The van der Waals surface area contributed by atoms with Gasteiger partial charge in [0.15, 0.2) is 5.78 Å². The van der Waals surface area contributed by atoms with Gasteiger partial charge >= 0.3 is 12.1 Å².